The van der Waals surface area contributed by atoms with E-state index in [0.717, 1.165) is 18.3 Å². The predicted molar refractivity (Wildman–Crippen MR) is 91.8 cm³/mol. The zero-order valence-electron chi connectivity index (χ0n) is 12.9. The molecular weight excluding hydrogens is 274 g/mol. The molecule has 0 radical (unpaired) electrons. The van der Waals surface area contributed by atoms with Gasteiger partial charge in [-0.15, -0.1) is 11.8 Å². The third-order valence-corrected chi connectivity index (χ3v) is 5.11. The van der Waals surface area contributed by atoms with Crippen molar-refractivity contribution in [2.24, 2.45) is 0 Å². The lowest BCUT2D eigenvalue weighted by molar-refractivity contribution is 0.687. The van der Waals surface area contributed by atoms with E-state index in [0.29, 0.717) is 0 Å². The summed E-state index contributed by atoms with van der Waals surface area (Å²) >= 11 is 1.92. The molecule has 2 heteroatoms. The van der Waals surface area contributed by atoms with Crippen LogP contribution >= 0.6 is 11.8 Å². The molecular formula is C19H23NS. The van der Waals surface area contributed by atoms with Crippen LogP contribution in [0.5, 0.6) is 0 Å². The lowest BCUT2D eigenvalue weighted by Crippen LogP contribution is -2.15. The van der Waals surface area contributed by atoms with Gasteiger partial charge in [0.2, 0.25) is 0 Å². The molecule has 0 amide bonds. The van der Waals surface area contributed by atoms with Crippen molar-refractivity contribution in [3.63, 3.8) is 0 Å². The second-order valence-corrected chi connectivity index (χ2v) is 7.06. The second-order valence-electron chi connectivity index (χ2n) is 6.01. The molecule has 1 aliphatic rings. The normalized spacial score (nSPS) is 14.4. The number of rotatable bonds is 6. The summed E-state index contributed by atoms with van der Waals surface area (Å²) in [6.07, 6.45) is 2.70. The third kappa shape index (κ3) is 4.36. The van der Waals surface area contributed by atoms with Gasteiger partial charge in [-0.05, 0) is 61.1 Å². The Labute approximate surface area is 132 Å². The lowest BCUT2D eigenvalue weighted by Gasteiger charge is -2.08. The number of benzene rings is 2. The van der Waals surface area contributed by atoms with E-state index < -0.39 is 0 Å². The van der Waals surface area contributed by atoms with Crippen molar-refractivity contribution in [2.75, 3.05) is 0 Å². The molecule has 0 aliphatic heterocycles. The van der Waals surface area contributed by atoms with Crippen molar-refractivity contribution in [1.29, 1.82) is 0 Å². The van der Waals surface area contributed by atoms with Crippen LogP contribution in [0.3, 0.4) is 0 Å². The highest BCUT2D eigenvalue weighted by Crippen LogP contribution is 2.25. The Kier molecular flexibility index (Phi) is 4.67. The zero-order chi connectivity index (χ0) is 14.7. The second kappa shape index (κ2) is 6.67. The molecule has 0 aromatic heterocycles. The first-order valence-electron chi connectivity index (χ1n) is 7.72. The number of thioether (sulfide) groups is 1. The molecule has 110 valence electrons. The summed E-state index contributed by atoms with van der Waals surface area (Å²) in [5.74, 6) is 1.04. The van der Waals surface area contributed by atoms with Gasteiger partial charge in [-0.2, -0.15) is 0 Å². The average molecular weight is 297 g/mol. The van der Waals surface area contributed by atoms with Crippen molar-refractivity contribution in [2.45, 2.75) is 49.9 Å². The molecule has 0 atom stereocenters. The van der Waals surface area contributed by atoms with Gasteiger partial charge in [-0.25, -0.2) is 0 Å². The van der Waals surface area contributed by atoms with Crippen LogP contribution in [0.4, 0.5) is 0 Å². The van der Waals surface area contributed by atoms with Gasteiger partial charge >= 0.3 is 0 Å². The molecule has 1 nitrogen and oxygen atoms in total. The smallest absolute Gasteiger partial charge is 0.0232 e. The van der Waals surface area contributed by atoms with E-state index in [4.69, 9.17) is 0 Å². The minimum Gasteiger partial charge on any atom is -0.310 e. The molecule has 1 fully saturated rings. The van der Waals surface area contributed by atoms with Gasteiger partial charge in [0.05, 0.1) is 0 Å². The Morgan fingerprint density at radius 1 is 1.00 bits per heavy atom. The monoisotopic (exact) mass is 297 g/mol. The van der Waals surface area contributed by atoms with E-state index in [9.17, 15) is 0 Å². The zero-order valence-corrected chi connectivity index (χ0v) is 13.7. The maximum Gasteiger partial charge on any atom is 0.0232 e. The average Bonchev–Trinajstić information content (AvgIpc) is 3.31. The van der Waals surface area contributed by atoms with Gasteiger partial charge in [-0.3, -0.25) is 0 Å². The fraction of sp³-hybridized carbons (Fsp3) is 0.368. The summed E-state index contributed by atoms with van der Waals surface area (Å²) in [5, 5.41) is 3.58. The van der Waals surface area contributed by atoms with Crippen LogP contribution in [0.15, 0.2) is 47.4 Å². The largest absolute Gasteiger partial charge is 0.310 e. The van der Waals surface area contributed by atoms with Crippen LogP contribution in [0.1, 0.15) is 35.1 Å². The van der Waals surface area contributed by atoms with Gasteiger partial charge < -0.3 is 5.32 Å². The highest BCUT2D eigenvalue weighted by molar-refractivity contribution is 7.98. The van der Waals surface area contributed by atoms with Gasteiger partial charge in [0, 0.05) is 23.2 Å². The predicted octanol–water partition coefficient (Wildman–Crippen LogP) is 4.85. The molecule has 2 aromatic carbocycles. The van der Waals surface area contributed by atoms with E-state index in [1.165, 1.54) is 40.0 Å². The van der Waals surface area contributed by atoms with Crippen molar-refractivity contribution in [1.82, 2.24) is 5.32 Å². The van der Waals surface area contributed by atoms with Crippen LogP contribution in [-0.4, -0.2) is 6.04 Å². The van der Waals surface area contributed by atoms with Gasteiger partial charge in [0.25, 0.3) is 0 Å². The number of hydrogen-bond acceptors (Lipinski definition) is 2. The third-order valence-electron chi connectivity index (χ3n) is 4.05. The summed E-state index contributed by atoms with van der Waals surface area (Å²) in [6.45, 7) is 5.36. The molecule has 21 heavy (non-hydrogen) atoms. The summed E-state index contributed by atoms with van der Waals surface area (Å²) in [5.41, 5.74) is 5.56. The van der Waals surface area contributed by atoms with Gasteiger partial charge in [0.1, 0.15) is 0 Å². The number of hydrogen-bond donors (Lipinski definition) is 1. The summed E-state index contributed by atoms with van der Waals surface area (Å²) in [7, 11) is 0. The van der Waals surface area contributed by atoms with Gasteiger partial charge in [0.15, 0.2) is 0 Å². The first-order chi connectivity index (χ1) is 10.2. The Morgan fingerprint density at radius 3 is 2.62 bits per heavy atom. The van der Waals surface area contributed by atoms with Crippen LogP contribution in [0.2, 0.25) is 0 Å². The van der Waals surface area contributed by atoms with Crippen LogP contribution in [0.25, 0.3) is 0 Å². The highest BCUT2D eigenvalue weighted by atomic mass is 32.2. The van der Waals surface area contributed by atoms with Crippen molar-refractivity contribution in [3.8, 4) is 0 Å². The molecule has 3 rings (SSSR count). The van der Waals surface area contributed by atoms with E-state index in [1.807, 2.05) is 11.8 Å². The summed E-state index contributed by atoms with van der Waals surface area (Å²) < 4.78 is 0. The fourth-order valence-corrected chi connectivity index (χ4v) is 3.28. The van der Waals surface area contributed by atoms with E-state index in [-0.39, 0.29) is 0 Å². The van der Waals surface area contributed by atoms with Crippen molar-refractivity contribution >= 4 is 11.8 Å². The molecule has 1 aliphatic carbocycles. The van der Waals surface area contributed by atoms with Crippen molar-refractivity contribution < 1.29 is 0 Å². The van der Waals surface area contributed by atoms with Gasteiger partial charge in [-0.1, -0.05) is 30.3 Å². The fourth-order valence-electron chi connectivity index (χ4n) is 2.35. The molecule has 0 spiro atoms. The van der Waals surface area contributed by atoms with E-state index in [1.54, 1.807) is 0 Å². The maximum absolute atomic E-state index is 3.58. The number of aryl methyl sites for hydroxylation is 2. The van der Waals surface area contributed by atoms with Crippen molar-refractivity contribution in [3.05, 3.63) is 64.7 Å². The lowest BCUT2D eigenvalue weighted by atomic mass is 10.1. The van der Waals surface area contributed by atoms with Crippen LogP contribution in [0, 0.1) is 13.8 Å². The van der Waals surface area contributed by atoms with Crippen LogP contribution < -0.4 is 5.32 Å². The van der Waals surface area contributed by atoms with Crippen LogP contribution in [-0.2, 0) is 12.3 Å². The van der Waals surface area contributed by atoms with E-state index >= 15 is 0 Å². The highest BCUT2D eigenvalue weighted by Gasteiger charge is 2.19. The number of nitrogens with one attached hydrogen (secondary N) is 1. The molecule has 0 saturated heterocycles. The minimum absolute atomic E-state index is 0.775. The molecule has 0 heterocycles. The molecule has 1 saturated carbocycles. The Morgan fingerprint density at radius 2 is 1.86 bits per heavy atom. The molecule has 2 aromatic rings. The van der Waals surface area contributed by atoms with E-state index in [2.05, 4.69) is 61.6 Å². The Bertz CT molecular complexity index is 617. The maximum atomic E-state index is 3.58. The first kappa shape index (κ1) is 14.7. The Hall–Kier alpha value is -1.25. The first-order valence-corrected chi connectivity index (χ1v) is 8.70. The topological polar surface area (TPSA) is 12.0 Å². The Balaban J connectivity index is 1.58. The summed E-state index contributed by atoms with van der Waals surface area (Å²) in [4.78, 5) is 1.36. The quantitative estimate of drug-likeness (QED) is 0.765. The standard InChI is InChI=1S/C19H23NS/c1-14-6-7-17(10-15(14)2)13-21-19-5-3-4-16(11-19)12-20-18-8-9-18/h3-7,10-11,18,20H,8-9,12-13H2,1-2H3. The summed E-state index contributed by atoms with van der Waals surface area (Å²) in [6, 6.07) is 16.5. The molecule has 0 unspecified atom stereocenters. The molecule has 1 N–H and O–H groups in total. The minimum atomic E-state index is 0.775. The SMILES string of the molecule is Cc1ccc(CSc2cccc(CNC3CC3)c2)cc1C. The molecule has 0 bridgehead atoms.